The first-order valence-electron chi connectivity index (χ1n) is 7.31. The molecule has 0 bridgehead atoms. The molecule has 1 aromatic carbocycles. The molecule has 0 radical (unpaired) electrons. The van der Waals surface area contributed by atoms with E-state index in [4.69, 9.17) is 12.2 Å². The topological polar surface area (TPSA) is 44.4 Å². The number of benzene rings is 1. The Morgan fingerprint density at radius 3 is 2.55 bits per heavy atom. The number of hydrogen-bond acceptors (Lipinski definition) is 2. The molecule has 0 aromatic heterocycles. The monoisotopic (exact) mass is 321 g/mol. The molecule has 2 N–H and O–H groups in total. The van der Waals surface area contributed by atoms with Crippen molar-refractivity contribution in [3.05, 3.63) is 46.9 Å². The van der Waals surface area contributed by atoms with Gasteiger partial charge in [-0.25, -0.2) is 4.39 Å². The summed E-state index contributed by atoms with van der Waals surface area (Å²) in [6.45, 7) is 6.83. The van der Waals surface area contributed by atoms with Crippen LogP contribution in [0.5, 0.6) is 0 Å². The summed E-state index contributed by atoms with van der Waals surface area (Å²) in [5.74, 6) is -0.472. The van der Waals surface area contributed by atoms with Crippen LogP contribution < -0.4 is 10.6 Å². The van der Waals surface area contributed by atoms with Gasteiger partial charge in [0, 0.05) is 24.4 Å². The van der Waals surface area contributed by atoms with Crippen molar-refractivity contribution >= 4 is 23.2 Å². The SMILES string of the molecule is CCN(CC)C(=O)C1=C(C)NC(=S)N[C@@H]1c1ccccc1F. The Morgan fingerprint density at radius 1 is 1.32 bits per heavy atom. The van der Waals surface area contributed by atoms with Crippen LogP contribution in [0.3, 0.4) is 0 Å². The lowest BCUT2D eigenvalue weighted by Crippen LogP contribution is -2.47. The molecule has 0 aliphatic carbocycles. The van der Waals surface area contributed by atoms with E-state index in [-0.39, 0.29) is 11.7 Å². The first-order valence-corrected chi connectivity index (χ1v) is 7.72. The average Bonchev–Trinajstić information content (AvgIpc) is 2.48. The van der Waals surface area contributed by atoms with Crippen LogP contribution in [0.4, 0.5) is 4.39 Å². The highest BCUT2D eigenvalue weighted by atomic mass is 32.1. The second-order valence-corrected chi connectivity index (χ2v) is 5.48. The number of carbonyl (C=O) groups is 1. The largest absolute Gasteiger partial charge is 0.351 e. The number of rotatable bonds is 4. The van der Waals surface area contributed by atoms with Crippen LogP contribution in [0.15, 0.2) is 35.5 Å². The Hall–Kier alpha value is -1.95. The van der Waals surface area contributed by atoms with Crippen LogP contribution in [0, 0.1) is 5.82 Å². The highest BCUT2D eigenvalue weighted by Gasteiger charge is 2.33. The van der Waals surface area contributed by atoms with Crippen molar-refractivity contribution in [3.63, 3.8) is 0 Å². The number of nitrogens with zero attached hydrogens (tertiary/aromatic N) is 1. The minimum Gasteiger partial charge on any atom is -0.351 e. The molecule has 0 saturated carbocycles. The molecule has 1 aromatic rings. The number of allylic oxidation sites excluding steroid dienone is 1. The van der Waals surface area contributed by atoms with E-state index in [2.05, 4.69) is 10.6 Å². The molecule has 1 heterocycles. The molecule has 22 heavy (non-hydrogen) atoms. The number of halogens is 1. The van der Waals surface area contributed by atoms with Crippen LogP contribution in [0.1, 0.15) is 32.4 Å². The number of carbonyl (C=O) groups excluding carboxylic acids is 1. The van der Waals surface area contributed by atoms with E-state index < -0.39 is 6.04 Å². The van der Waals surface area contributed by atoms with Crippen LogP contribution in [0.25, 0.3) is 0 Å². The fraction of sp³-hybridized carbons (Fsp3) is 0.375. The van der Waals surface area contributed by atoms with Gasteiger partial charge in [0.15, 0.2) is 5.11 Å². The Kier molecular flexibility index (Phi) is 5.13. The summed E-state index contributed by atoms with van der Waals surface area (Å²) >= 11 is 5.16. The standard InChI is InChI=1S/C16H20FN3OS/c1-4-20(5-2)15(21)13-10(3)18-16(22)19-14(13)11-8-6-7-9-12(11)17/h6-9,14H,4-5H2,1-3H3,(H2,18,19,22)/t14-/m1/s1. The third-order valence-electron chi connectivity index (χ3n) is 3.77. The number of nitrogens with one attached hydrogen (secondary N) is 2. The summed E-state index contributed by atoms with van der Waals surface area (Å²) in [6, 6.07) is 5.85. The van der Waals surface area contributed by atoms with Gasteiger partial charge >= 0.3 is 0 Å². The molecular weight excluding hydrogens is 301 g/mol. The van der Waals surface area contributed by atoms with Crippen molar-refractivity contribution in [1.29, 1.82) is 0 Å². The van der Waals surface area contributed by atoms with Gasteiger partial charge in [0.25, 0.3) is 5.91 Å². The van der Waals surface area contributed by atoms with E-state index in [1.807, 2.05) is 13.8 Å². The van der Waals surface area contributed by atoms with Crippen LogP contribution in [0.2, 0.25) is 0 Å². The van der Waals surface area contributed by atoms with Gasteiger partial charge in [-0.3, -0.25) is 4.79 Å². The zero-order valence-corrected chi connectivity index (χ0v) is 13.8. The maximum Gasteiger partial charge on any atom is 0.253 e. The second kappa shape index (κ2) is 6.87. The maximum absolute atomic E-state index is 14.2. The molecular formula is C16H20FN3OS. The molecule has 2 rings (SSSR count). The lowest BCUT2D eigenvalue weighted by atomic mass is 9.94. The summed E-state index contributed by atoms with van der Waals surface area (Å²) in [5.41, 5.74) is 1.58. The Labute approximate surface area is 135 Å². The zero-order chi connectivity index (χ0) is 16.3. The second-order valence-electron chi connectivity index (χ2n) is 5.07. The molecule has 4 nitrogen and oxygen atoms in total. The van der Waals surface area contributed by atoms with Gasteiger partial charge in [-0.2, -0.15) is 0 Å². The van der Waals surface area contributed by atoms with Crippen molar-refractivity contribution < 1.29 is 9.18 Å². The molecule has 1 atom stereocenters. The Morgan fingerprint density at radius 2 is 1.95 bits per heavy atom. The molecule has 118 valence electrons. The summed E-state index contributed by atoms with van der Waals surface area (Å²) in [7, 11) is 0. The summed E-state index contributed by atoms with van der Waals surface area (Å²) < 4.78 is 14.2. The first-order chi connectivity index (χ1) is 10.5. The Bertz CT molecular complexity index is 626. The van der Waals surface area contributed by atoms with Crippen molar-refractivity contribution in [2.24, 2.45) is 0 Å². The number of thiocarbonyl (C=S) groups is 1. The third kappa shape index (κ3) is 3.11. The van der Waals surface area contributed by atoms with Gasteiger partial charge in [0.1, 0.15) is 5.82 Å². The molecule has 1 aliphatic heterocycles. The molecule has 1 amide bonds. The molecule has 0 saturated heterocycles. The minimum atomic E-state index is -0.581. The van der Waals surface area contributed by atoms with E-state index >= 15 is 0 Å². The number of likely N-dealkylation sites (N-methyl/N-ethyl adjacent to an activating group) is 1. The summed E-state index contributed by atoms with van der Waals surface area (Å²) in [6.07, 6.45) is 0. The number of amides is 1. The lowest BCUT2D eigenvalue weighted by molar-refractivity contribution is -0.127. The van der Waals surface area contributed by atoms with E-state index in [1.54, 1.807) is 30.0 Å². The average molecular weight is 321 g/mol. The van der Waals surface area contributed by atoms with Crippen molar-refractivity contribution in [2.75, 3.05) is 13.1 Å². The van der Waals surface area contributed by atoms with Crippen LogP contribution in [-0.4, -0.2) is 29.0 Å². The lowest BCUT2D eigenvalue weighted by Gasteiger charge is -2.33. The van der Waals surface area contributed by atoms with E-state index in [1.165, 1.54) is 6.07 Å². The van der Waals surface area contributed by atoms with Crippen molar-refractivity contribution in [1.82, 2.24) is 15.5 Å². The predicted molar refractivity (Wildman–Crippen MR) is 88.6 cm³/mol. The van der Waals surface area contributed by atoms with Gasteiger partial charge in [0.2, 0.25) is 0 Å². The number of hydrogen-bond donors (Lipinski definition) is 2. The first kappa shape index (κ1) is 16.4. The molecule has 0 unspecified atom stereocenters. The van der Waals surface area contributed by atoms with E-state index in [9.17, 15) is 9.18 Å². The van der Waals surface area contributed by atoms with E-state index in [0.717, 1.165) is 0 Å². The zero-order valence-electron chi connectivity index (χ0n) is 12.9. The van der Waals surface area contributed by atoms with Gasteiger partial charge < -0.3 is 15.5 Å². The Balaban J connectivity index is 2.50. The normalized spacial score (nSPS) is 17.8. The quantitative estimate of drug-likeness (QED) is 0.836. The molecule has 0 spiro atoms. The predicted octanol–water partition coefficient (Wildman–Crippen LogP) is 2.49. The highest BCUT2D eigenvalue weighted by molar-refractivity contribution is 7.80. The third-order valence-corrected chi connectivity index (χ3v) is 3.99. The van der Waals surface area contributed by atoms with Crippen LogP contribution >= 0.6 is 12.2 Å². The minimum absolute atomic E-state index is 0.113. The molecule has 1 aliphatic rings. The van der Waals surface area contributed by atoms with Gasteiger partial charge in [-0.05, 0) is 39.1 Å². The van der Waals surface area contributed by atoms with Crippen LogP contribution in [-0.2, 0) is 4.79 Å². The maximum atomic E-state index is 14.2. The van der Waals surface area contributed by atoms with Gasteiger partial charge in [0.05, 0.1) is 11.6 Å². The smallest absolute Gasteiger partial charge is 0.253 e. The molecule has 6 heteroatoms. The van der Waals surface area contributed by atoms with Gasteiger partial charge in [-0.15, -0.1) is 0 Å². The highest BCUT2D eigenvalue weighted by Crippen LogP contribution is 2.29. The summed E-state index contributed by atoms with van der Waals surface area (Å²) in [4.78, 5) is 14.5. The van der Waals surface area contributed by atoms with Crippen molar-refractivity contribution in [2.45, 2.75) is 26.8 Å². The summed E-state index contributed by atoms with van der Waals surface area (Å²) in [5, 5.41) is 6.37. The van der Waals surface area contributed by atoms with E-state index in [0.29, 0.717) is 35.0 Å². The fourth-order valence-electron chi connectivity index (χ4n) is 2.60. The molecule has 0 fully saturated rings. The fourth-order valence-corrected chi connectivity index (χ4v) is 2.87. The van der Waals surface area contributed by atoms with Crippen molar-refractivity contribution in [3.8, 4) is 0 Å². The van der Waals surface area contributed by atoms with Gasteiger partial charge in [-0.1, -0.05) is 18.2 Å².